The average Bonchev–Trinajstić information content (AvgIpc) is 2.41. The van der Waals surface area contributed by atoms with E-state index >= 15 is 0 Å². The van der Waals surface area contributed by atoms with Crippen LogP contribution in [0.15, 0.2) is 6.07 Å². The lowest BCUT2D eigenvalue weighted by atomic mass is 9.97. The fourth-order valence-corrected chi connectivity index (χ4v) is 1.71. The van der Waals surface area contributed by atoms with Crippen LogP contribution in [0, 0.1) is 20.8 Å². The van der Waals surface area contributed by atoms with Crippen molar-refractivity contribution in [2.24, 2.45) is 0 Å². The number of Topliss-reactive ketones (excluding diaryl/α,β-unsaturated/α-hetero) is 1. The molecule has 0 fully saturated rings. The molecule has 14 heavy (non-hydrogen) atoms. The standard InChI is InChI=1S/C11H10O3/c1-5-4-6(2)10-8(7(5)3)9(12)11(13)14-10/h4H,1-3H3. The van der Waals surface area contributed by atoms with E-state index in [9.17, 15) is 9.59 Å². The average molecular weight is 190 g/mol. The van der Waals surface area contributed by atoms with E-state index in [1.165, 1.54) is 0 Å². The van der Waals surface area contributed by atoms with E-state index in [0.29, 0.717) is 11.3 Å². The molecule has 0 bridgehead atoms. The first-order valence-electron chi connectivity index (χ1n) is 4.39. The number of carbonyl (C=O) groups excluding carboxylic acids is 2. The zero-order valence-corrected chi connectivity index (χ0v) is 8.30. The number of ketones is 1. The number of hydrogen-bond donors (Lipinski definition) is 0. The number of aryl methyl sites for hydroxylation is 2. The van der Waals surface area contributed by atoms with E-state index in [0.717, 1.165) is 16.7 Å². The third-order valence-corrected chi connectivity index (χ3v) is 2.59. The number of rotatable bonds is 0. The van der Waals surface area contributed by atoms with Gasteiger partial charge in [-0.15, -0.1) is 0 Å². The maximum absolute atomic E-state index is 11.4. The van der Waals surface area contributed by atoms with Gasteiger partial charge in [-0.25, -0.2) is 4.79 Å². The van der Waals surface area contributed by atoms with Crippen LogP contribution in [0.1, 0.15) is 27.0 Å². The monoisotopic (exact) mass is 190 g/mol. The zero-order chi connectivity index (χ0) is 10.5. The van der Waals surface area contributed by atoms with Gasteiger partial charge < -0.3 is 4.74 Å². The van der Waals surface area contributed by atoms with E-state index in [1.807, 2.05) is 26.8 Å². The quantitative estimate of drug-likeness (QED) is 0.355. The summed E-state index contributed by atoms with van der Waals surface area (Å²) in [6, 6.07) is 1.92. The Labute approximate surface area is 81.7 Å². The molecule has 0 atom stereocenters. The van der Waals surface area contributed by atoms with Crippen molar-refractivity contribution in [2.45, 2.75) is 20.8 Å². The molecule has 3 heteroatoms. The predicted octanol–water partition coefficient (Wildman–Crippen LogP) is 1.71. The topological polar surface area (TPSA) is 43.4 Å². The van der Waals surface area contributed by atoms with E-state index in [4.69, 9.17) is 4.74 Å². The lowest BCUT2D eigenvalue weighted by Crippen LogP contribution is -2.11. The third kappa shape index (κ3) is 0.985. The molecular weight excluding hydrogens is 180 g/mol. The summed E-state index contributed by atoms with van der Waals surface area (Å²) >= 11 is 0. The van der Waals surface area contributed by atoms with Gasteiger partial charge in [-0.2, -0.15) is 0 Å². The van der Waals surface area contributed by atoms with Crippen molar-refractivity contribution in [2.75, 3.05) is 0 Å². The molecule has 0 radical (unpaired) electrons. The highest BCUT2D eigenvalue weighted by molar-refractivity contribution is 6.44. The second kappa shape index (κ2) is 2.67. The van der Waals surface area contributed by atoms with Gasteiger partial charge in [0.05, 0.1) is 5.56 Å². The maximum atomic E-state index is 11.4. The number of carbonyl (C=O) groups is 2. The van der Waals surface area contributed by atoms with Crippen molar-refractivity contribution in [1.29, 1.82) is 0 Å². The van der Waals surface area contributed by atoms with Crippen LogP contribution in [0.5, 0.6) is 5.75 Å². The Kier molecular flexibility index (Phi) is 1.71. The number of esters is 1. The second-order valence-electron chi connectivity index (χ2n) is 3.56. The Morgan fingerprint density at radius 3 is 2.36 bits per heavy atom. The van der Waals surface area contributed by atoms with Crippen LogP contribution in [-0.4, -0.2) is 11.8 Å². The van der Waals surface area contributed by atoms with Gasteiger partial charge in [0.15, 0.2) is 0 Å². The summed E-state index contributed by atoms with van der Waals surface area (Å²) in [4.78, 5) is 22.5. The second-order valence-corrected chi connectivity index (χ2v) is 3.56. The highest BCUT2D eigenvalue weighted by Gasteiger charge is 2.34. The van der Waals surface area contributed by atoms with Crippen LogP contribution in [0.4, 0.5) is 0 Å². The van der Waals surface area contributed by atoms with Gasteiger partial charge in [-0.3, -0.25) is 4.79 Å². The van der Waals surface area contributed by atoms with Crippen LogP contribution in [0.2, 0.25) is 0 Å². The van der Waals surface area contributed by atoms with Crippen molar-refractivity contribution in [3.8, 4) is 5.75 Å². The fourth-order valence-electron chi connectivity index (χ4n) is 1.71. The highest BCUT2D eigenvalue weighted by atomic mass is 16.5. The molecule has 0 aromatic heterocycles. The van der Waals surface area contributed by atoms with E-state index in [2.05, 4.69) is 0 Å². The Balaban J connectivity index is 2.80. The third-order valence-electron chi connectivity index (χ3n) is 2.59. The van der Waals surface area contributed by atoms with Crippen LogP contribution < -0.4 is 4.74 Å². The maximum Gasteiger partial charge on any atom is 0.385 e. The highest BCUT2D eigenvalue weighted by Crippen LogP contribution is 2.34. The molecule has 0 saturated heterocycles. The molecule has 0 unspecified atom stereocenters. The summed E-state index contributed by atoms with van der Waals surface area (Å²) in [7, 11) is 0. The van der Waals surface area contributed by atoms with Crippen LogP contribution >= 0.6 is 0 Å². The largest absolute Gasteiger partial charge is 0.419 e. The normalized spacial score (nSPS) is 14.2. The molecule has 1 aromatic rings. The molecule has 1 aliphatic heterocycles. The van der Waals surface area contributed by atoms with Crippen LogP contribution in [0.25, 0.3) is 0 Å². The van der Waals surface area contributed by atoms with Gasteiger partial charge in [0.25, 0.3) is 5.78 Å². The molecule has 0 saturated carbocycles. The smallest absolute Gasteiger partial charge is 0.385 e. The molecule has 1 aromatic carbocycles. The molecule has 0 N–H and O–H groups in total. The van der Waals surface area contributed by atoms with Crippen molar-refractivity contribution in [3.63, 3.8) is 0 Å². The minimum absolute atomic E-state index is 0.433. The fraction of sp³-hybridized carbons (Fsp3) is 0.273. The first-order chi connectivity index (χ1) is 6.52. The summed E-state index contributed by atoms with van der Waals surface area (Å²) < 4.78 is 4.90. The zero-order valence-electron chi connectivity index (χ0n) is 8.30. The molecular formula is C11H10O3. The number of fused-ring (bicyclic) bond motifs is 1. The summed E-state index contributed by atoms with van der Waals surface area (Å²) in [5.41, 5.74) is 3.11. The predicted molar refractivity (Wildman–Crippen MR) is 50.6 cm³/mol. The van der Waals surface area contributed by atoms with Crippen molar-refractivity contribution in [1.82, 2.24) is 0 Å². The summed E-state index contributed by atoms with van der Waals surface area (Å²) in [6.45, 7) is 5.57. The van der Waals surface area contributed by atoms with Crippen molar-refractivity contribution in [3.05, 3.63) is 28.3 Å². The van der Waals surface area contributed by atoms with Gasteiger partial charge in [0.1, 0.15) is 5.75 Å². The summed E-state index contributed by atoms with van der Waals surface area (Å²) in [6.07, 6.45) is 0. The van der Waals surface area contributed by atoms with Gasteiger partial charge in [-0.05, 0) is 37.5 Å². The molecule has 0 amide bonds. The molecule has 0 spiro atoms. The molecule has 72 valence electrons. The van der Waals surface area contributed by atoms with Gasteiger partial charge in [0.2, 0.25) is 0 Å². The Morgan fingerprint density at radius 1 is 1.07 bits per heavy atom. The van der Waals surface area contributed by atoms with E-state index in [-0.39, 0.29) is 0 Å². The number of benzene rings is 1. The Hall–Kier alpha value is -1.64. The summed E-state index contributed by atoms with van der Waals surface area (Å²) in [5.74, 6) is -0.857. The van der Waals surface area contributed by atoms with Gasteiger partial charge >= 0.3 is 5.97 Å². The number of hydrogen-bond acceptors (Lipinski definition) is 3. The lowest BCUT2D eigenvalue weighted by Gasteiger charge is -2.06. The van der Waals surface area contributed by atoms with E-state index in [1.54, 1.807) is 0 Å². The summed E-state index contributed by atoms with van der Waals surface area (Å²) in [5, 5.41) is 0. The SMILES string of the molecule is Cc1cc(C)c2c(c1C)C(=O)C(=O)O2. The van der Waals surface area contributed by atoms with Crippen LogP contribution in [0.3, 0.4) is 0 Å². The lowest BCUT2D eigenvalue weighted by molar-refractivity contribution is -0.128. The first kappa shape index (κ1) is 8.94. The molecule has 2 rings (SSSR count). The molecule has 3 nitrogen and oxygen atoms in total. The molecule has 0 aliphatic carbocycles. The Bertz CT molecular complexity index is 458. The van der Waals surface area contributed by atoms with Gasteiger partial charge in [-0.1, -0.05) is 6.07 Å². The molecule has 1 aliphatic rings. The first-order valence-corrected chi connectivity index (χ1v) is 4.39. The minimum atomic E-state index is -0.767. The number of ether oxygens (including phenoxy) is 1. The van der Waals surface area contributed by atoms with Gasteiger partial charge in [0, 0.05) is 0 Å². The minimum Gasteiger partial charge on any atom is -0.419 e. The van der Waals surface area contributed by atoms with Crippen molar-refractivity contribution < 1.29 is 14.3 Å². The Morgan fingerprint density at radius 2 is 1.71 bits per heavy atom. The van der Waals surface area contributed by atoms with Crippen LogP contribution in [-0.2, 0) is 4.79 Å². The van der Waals surface area contributed by atoms with Crippen molar-refractivity contribution >= 4 is 11.8 Å². The van der Waals surface area contributed by atoms with E-state index < -0.39 is 11.8 Å². The molecule has 1 heterocycles.